The number of anilines is 1. The van der Waals surface area contributed by atoms with Gasteiger partial charge in [-0.2, -0.15) is 0 Å². The van der Waals surface area contributed by atoms with E-state index in [2.05, 4.69) is 5.32 Å². The molecule has 3 N–H and O–H groups in total. The summed E-state index contributed by atoms with van der Waals surface area (Å²) in [5.74, 6) is 0.497. The summed E-state index contributed by atoms with van der Waals surface area (Å²) in [7, 11) is -3.73. The van der Waals surface area contributed by atoms with Crippen LogP contribution in [0.1, 0.15) is 12.0 Å². The van der Waals surface area contributed by atoms with E-state index in [-0.39, 0.29) is 23.8 Å². The van der Waals surface area contributed by atoms with Crippen molar-refractivity contribution in [1.82, 2.24) is 0 Å². The monoisotopic (exact) mass is 334 g/mol. The molecule has 0 aliphatic rings. The number of aryl methyl sites for hydroxylation is 1. The van der Waals surface area contributed by atoms with Crippen molar-refractivity contribution in [1.29, 1.82) is 0 Å². The van der Waals surface area contributed by atoms with Crippen LogP contribution in [0.5, 0.6) is 5.75 Å². The molecule has 2 aromatic rings. The van der Waals surface area contributed by atoms with Crippen LogP contribution >= 0.6 is 0 Å². The van der Waals surface area contributed by atoms with Crippen molar-refractivity contribution < 1.29 is 17.9 Å². The van der Waals surface area contributed by atoms with E-state index in [0.717, 1.165) is 11.3 Å². The van der Waals surface area contributed by atoms with Crippen molar-refractivity contribution in [3.63, 3.8) is 0 Å². The van der Waals surface area contributed by atoms with Crippen LogP contribution in [0, 0.1) is 6.92 Å². The largest absolute Gasteiger partial charge is 0.493 e. The van der Waals surface area contributed by atoms with Crippen molar-refractivity contribution in [2.45, 2.75) is 18.2 Å². The lowest BCUT2D eigenvalue weighted by Crippen LogP contribution is -2.16. The van der Waals surface area contributed by atoms with Gasteiger partial charge in [-0.1, -0.05) is 12.1 Å². The predicted octanol–water partition coefficient (Wildman–Crippen LogP) is 2.05. The van der Waals surface area contributed by atoms with Gasteiger partial charge in [0.15, 0.2) is 0 Å². The van der Waals surface area contributed by atoms with Crippen LogP contribution in [-0.4, -0.2) is 20.9 Å². The van der Waals surface area contributed by atoms with E-state index in [4.69, 9.17) is 9.88 Å². The first kappa shape index (κ1) is 17.0. The number of rotatable bonds is 6. The highest BCUT2D eigenvalue weighted by Gasteiger charge is 2.08. The fraction of sp³-hybridized carbons (Fsp3) is 0.188. The number of carbonyl (C=O) groups excluding carboxylic acids is 1. The fourth-order valence-corrected chi connectivity index (χ4v) is 2.43. The molecule has 0 fully saturated rings. The van der Waals surface area contributed by atoms with Crippen LogP contribution in [0.2, 0.25) is 0 Å². The van der Waals surface area contributed by atoms with Crippen LogP contribution in [0.15, 0.2) is 53.4 Å². The van der Waals surface area contributed by atoms with Gasteiger partial charge in [0.1, 0.15) is 5.75 Å². The molecule has 2 aromatic carbocycles. The van der Waals surface area contributed by atoms with Gasteiger partial charge in [0.05, 0.1) is 17.9 Å². The molecule has 23 heavy (non-hydrogen) atoms. The zero-order chi connectivity index (χ0) is 16.9. The van der Waals surface area contributed by atoms with Crippen LogP contribution in [-0.2, 0) is 14.8 Å². The molecule has 0 spiro atoms. The number of nitrogens with one attached hydrogen (secondary N) is 1. The van der Waals surface area contributed by atoms with Crippen LogP contribution < -0.4 is 15.2 Å². The lowest BCUT2D eigenvalue weighted by molar-refractivity contribution is -0.116. The Kier molecular flexibility index (Phi) is 5.36. The Morgan fingerprint density at radius 1 is 1.17 bits per heavy atom. The standard InChI is InChI=1S/C16H18N2O4S/c1-12-3-2-4-14(11-12)22-10-9-16(19)18-13-5-7-15(8-6-13)23(17,20)21/h2-8,11H,9-10H2,1H3,(H,18,19)(H2,17,20,21). The smallest absolute Gasteiger partial charge is 0.238 e. The van der Waals surface area contributed by atoms with Crippen molar-refractivity contribution >= 4 is 21.6 Å². The lowest BCUT2D eigenvalue weighted by Gasteiger charge is -2.08. The zero-order valence-corrected chi connectivity index (χ0v) is 13.5. The van der Waals surface area contributed by atoms with E-state index >= 15 is 0 Å². The summed E-state index contributed by atoms with van der Waals surface area (Å²) in [6, 6.07) is 13.2. The van der Waals surface area contributed by atoms with Gasteiger partial charge in [0.2, 0.25) is 15.9 Å². The summed E-state index contributed by atoms with van der Waals surface area (Å²) in [5, 5.41) is 7.67. The van der Waals surface area contributed by atoms with E-state index in [1.807, 2.05) is 31.2 Å². The molecule has 0 aliphatic carbocycles. The molecule has 7 heteroatoms. The summed E-state index contributed by atoms with van der Waals surface area (Å²) < 4.78 is 27.8. The molecule has 0 atom stereocenters. The average Bonchev–Trinajstić information content (AvgIpc) is 2.47. The van der Waals surface area contributed by atoms with Crippen LogP contribution in [0.3, 0.4) is 0 Å². The number of sulfonamides is 1. The Morgan fingerprint density at radius 2 is 1.87 bits per heavy atom. The van der Waals surface area contributed by atoms with Crippen LogP contribution in [0.4, 0.5) is 5.69 Å². The molecule has 1 amide bonds. The minimum Gasteiger partial charge on any atom is -0.493 e. The maximum absolute atomic E-state index is 11.8. The van der Waals surface area contributed by atoms with Gasteiger partial charge in [-0.05, 0) is 48.9 Å². The maximum atomic E-state index is 11.8. The fourth-order valence-electron chi connectivity index (χ4n) is 1.92. The predicted molar refractivity (Wildman–Crippen MR) is 87.7 cm³/mol. The number of ether oxygens (including phenoxy) is 1. The molecule has 0 saturated carbocycles. The third-order valence-corrected chi connectivity index (χ3v) is 3.98. The molecule has 0 aromatic heterocycles. The molecular weight excluding hydrogens is 316 g/mol. The van der Waals surface area contributed by atoms with Gasteiger partial charge >= 0.3 is 0 Å². The first-order valence-electron chi connectivity index (χ1n) is 6.97. The lowest BCUT2D eigenvalue weighted by atomic mass is 10.2. The number of carbonyl (C=O) groups is 1. The second kappa shape index (κ2) is 7.26. The molecule has 0 radical (unpaired) electrons. The highest BCUT2D eigenvalue weighted by atomic mass is 32.2. The molecule has 2 rings (SSSR count). The summed E-state index contributed by atoms with van der Waals surface area (Å²) in [6.07, 6.45) is 0.185. The van der Waals surface area contributed by atoms with E-state index in [1.54, 1.807) is 0 Å². The number of hydrogen-bond acceptors (Lipinski definition) is 4. The highest BCUT2D eigenvalue weighted by Crippen LogP contribution is 2.14. The van der Waals surface area contributed by atoms with E-state index < -0.39 is 10.0 Å². The van der Waals surface area contributed by atoms with Gasteiger partial charge in [-0.15, -0.1) is 0 Å². The van der Waals surface area contributed by atoms with E-state index in [1.165, 1.54) is 24.3 Å². The van der Waals surface area contributed by atoms with Crippen LogP contribution in [0.25, 0.3) is 0 Å². The molecule has 0 unspecified atom stereocenters. The van der Waals surface area contributed by atoms with Crippen molar-refractivity contribution in [3.8, 4) is 5.75 Å². The first-order valence-corrected chi connectivity index (χ1v) is 8.51. The maximum Gasteiger partial charge on any atom is 0.238 e. The molecule has 6 nitrogen and oxygen atoms in total. The number of benzene rings is 2. The summed E-state index contributed by atoms with van der Waals surface area (Å²) in [4.78, 5) is 11.8. The summed E-state index contributed by atoms with van der Waals surface area (Å²) >= 11 is 0. The first-order chi connectivity index (χ1) is 10.8. The minimum atomic E-state index is -3.73. The third kappa shape index (κ3) is 5.39. The van der Waals surface area contributed by atoms with E-state index in [0.29, 0.717) is 5.69 Å². The zero-order valence-electron chi connectivity index (χ0n) is 12.7. The topological polar surface area (TPSA) is 98.5 Å². The van der Waals surface area contributed by atoms with Gasteiger partial charge in [0, 0.05) is 5.69 Å². The minimum absolute atomic E-state index is 0.00159. The van der Waals surface area contributed by atoms with Crippen molar-refractivity contribution in [2.75, 3.05) is 11.9 Å². The second-order valence-electron chi connectivity index (χ2n) is 5.03. The Morgan fingerprint density at radius 3 is 2.48 bits per heavy atom. The van der Waals surface area contributed by atoms with Gasteiger partial charge in [-0.25, -0.2) is 13.6 Å². The normalized spacial score (nSPS) is 11.0. The number of nitrogens with two attached hydrogens (primary N) is 1. The highest BCUT2D eigenvalue weighted by molar-refractivity contribution is 7.89. The number of primary sulfonamides is 1. The Balaban J connectivity index is 1.83. The average molecular weight is 334 g/mol. The van der Waals surface area contributed by atoms with Gasteiger partial charge < -0.3 is 10.1 Å². The number of hydrogen-bond donors (Lipinski definition) is 2. The molecule has 0 saturated heterocycles. The molecular formula is C16H18N2O4S. The quantitative estimate of drug-likeness (QED) is 0.844. The second-order valence-corrected chi connectivity index (χ2v) is 6.59. The third-order valence-electron chi connectivity index (χ3n) is 3.05. The van der Waals surface area contributed by atoms with Gasteiger partial charge in [-0.3, -0.25) is 4.79 Å². The molecule has 122 valence electrons. The number of amides is 1. The molecule has 0 aliphatic heterocycles. The summed E-state index contributed by atoms with van der Waals surface area (Å²) in [6.45, 7) is 2.22. The Hall–Kier alpha value is -2.38. The summed E-state index contributed by atoms with van der Waals surface area (Å²) in [5.41, 5.74) is 1.58. The van der Waals surface area contributed by atoms with Gasteiger partial charge in [0.25, 0.3) is 0 Å². The Labute approximate surface area is 135 Å². The van der Waals surface area contributed by atoms with Crippen molar-refractivity contribution in [3.05, 3.63) is 54.1 Å². The SMILES string of the molecule is Cc1cccc(OCCC(=O)Nc2ccc(S(N)(=O)=O)cc2)c1. The molecule has 0 bridgehead atoms. The van der Waals surface area contributed by atoms with Crippen molar-refractivity contribution in [2.24, 2.45) is 5.14 Å². The van der Waals surface area contributed by atoms with E-state index in [9.17, 15) is 13.2 Å². The Bertz CT molecular complexity index is 786. The molecule has 0 heterocycles.